The molecule has 0 aromatic heterocycles. The van der Waals surface area contributed by atoms with E-state index in [1.807, 2.05) is 6.92 Å². The lowest BCUT2D eigenvalue weighted by Gasteiger charge is -2.08. The summed E-state index contributed by atoms with van der Waals surface area (Å²) in [4.78, 5) is 22.6. The molecular formula is C13H20N4O2. The summed E-state index contributed by atoms with van der Waals surface area (Å²) >= 11 is 0. The molecule has 19 heavy (non-hydrogen) atoms. The van der Waals surface area contributed by atoms with Crippen molar-refractivity contribution in [2.45, 2.75) is 13.3 Å². The van der Waals surface area contributed by atoms with Gasteiger partial charge >= 0.3 is 6.03 Å². The van der Waals surface area contributed by atoms with E-state index in [1.165, 1.54) is 0 Å². The lowest BCUT2D eigenvalue weighted by molar-refractivity contribution is -0.115. The van der Waals surface area contributed by atoms with Crippen LogP contribution in [0.5, 0.6) is 0 Å². The van der Waals surface area contributed by atoms with Gasteiger partial charge in [-0.05, 0) is 37.2 Å². The maximum absolute atomic E-state index is 11.5. The molecule has 0 fully saturated rings. The quantitative estimate of drug-likeness (QED) is 0.586. The highest BCUT2D eigenvalue weighted by atomic mass is 16.2. The van der Waals surface area contributed by atoms with Crippen LogP contribution in [-0.4, -0.2) is 32.1 Å². The van der Waals surface area contributed by atoms with Gasteiger partial charge in [-0.2, -0.15) is 0 Å². The van der Waals surface area contributed by atoms with Crippen LogP contribution >= 0.6 is 0 Å². The van der Waals surface area contributed by atoms with Crippen LogP contribution in [0.1, 0.15) is 13.3 Å². The summed E-state index contributed by atoms with van der Waals surface area (Å²) in [5.41, 5.74) is 1.37. The monoisotopic (exact) mass is 264 g/mol. The van der Waals surface area contributed by atoms with E-state index < -0.39 is 0 Å². The van der Waals surface area contributed by atoms with Gasteiger partial charge in [0.05, 0.1) is 6.54 Å². The SMILES string of the molecule is CCCNCC(=O)Nc1ccc(NC(=O)NC)cc1. The number of amides is 3. The van der Waals surface area contributed by atoms with Crippen molar-refractivity contribution in [3.63, 3.8) is 0 Å². The van der Waals surface area contributed by atoms with Crippen molar-refractivity contribution in [3.8, 4) is 0 Å². The molecule has 0 saturated carbocycles. The third kappa shape index (κ3) is 5.87. The van der Waals surface area contributed by atoms with Crippen molar-refractivity contribution in [1.82, 2.24) is 10.6 Å². The smallest absolute Gasteiger partial charge is 0.318 e. The highest BCUT2D eigenvalue weighted by molar-refractivity contribution is 5.93. The fourth-order valence-corrected chi connectivity index (χ4v) is 1.41. The number of benzene rings is 1. The molecule has 1 rings (SSSR count). The van der Waals surface area contributed by atoms with Crippen LogP contribution < -0.4 is 21.3 Å². The molecule has 3 amide bonds. The van der Waals surface area contributed by atoms with E-state index in [0.29, 0.717) is 17.9 Å². The Morgan fingerprint density at radius 3 is 2.16 bits per heavy atom. The van der Waals surface area contributed by atoms with Crippen LogP contribution in [0.3, 0.4) is 0 Å². The van der Waals surface area contributed by atoms with Gasteiger partial charge in [-0.1, -0.05) is 6.92 Å². The van der Waals surface area contributed by atoms with E-state index in [-0.39, 0.29) is 11.9 Å². The number of urea groups is 1. The summed E-state index contributed by atoms with van der Waals surface area (Å²) in [6.45, 7) is 3.16. The number of hydrogen-bond donors (Lipinski definition) is 4. The topological polar surface area (TPSA) is 82.3 Å². The van der Waals surface area contributed by atoms with Gasteiger partial charge in [0, 0.05) is 18.4 Å². The van der Waals surface area contributed by atoms with Gasteiger partial charge in [0.15, 0.2) is 0 Å². The number of carbonyl (C=O) groups excluding carboxylic acids is 2. The summed E-state index contributed by atoms with van der Waals surface area (Å²) in [6.07, 6.45) is 0.993. The second-order valence-electron chi connectivity index (χ2n) is 4.01. The Labute approximate surface area is 113 Å². The minimum absolute atomic E-state index is 0.0829. The molecule has 1 aromatic rings. The predicted octanol–water partition coefficient (Wildman–Crippen LogP) is 1.38. The molecule has 6 heteroatoms. The van der Waals surface area contributed by atoms with Gasteiger partial charge in [0.1, 0.15) is 0 Å². The lowest BCUT2D eigenvalue weighted by atomic mass is 10.3. The highest BCUT2D eigenvalue weighted by Gasteiger charge is 2.02. The van der Waals surface area contributed by atoms with E-state index >= 15 is 0 Å². The van der Waals surface area contributed by atoms with Gasteiger partial charge < -0.3 is 21.3 Å². The summed E-state index contributed by atoms with van der Waals surface area (Å²) in [5, 5.41) is 10.9. The number of anilines is 2. The molecule has 104 valence electrons. The fraction of sp³-hybridized carbons (Fsp3) is 0.385. The Kier molecular flexibility index (Phi) is 6.38. The van der Waals surface area contributed by atoms with Crippen molar-refractivity contribution in [2.75, 3.05) is 30.8 Å². The van der Waals surface area contributed by atoms with Crippen molar-refractivity contribution >= 4 is 23.3 Å². The number of hydrogen-bond acceptors (Lipinski definition) is 3. The molecule has 0 spiro atoms. The summed E-state index contributed by atoms with van der Waals surface area (Å²) in [7, 11) is 1.55. The molecule has 0 saturated heterocycles. The first-order valence-electron chi connectivity index (χ1n) is 6.25. The number of carbonyl (C=O) groups is 2. The standard InChI is InChI=1S/C13H20N4O2/c1-3-8-15-9-12(18)16-10-4-6-11(7-5-10)17-13(19)14-2/h4-7,15H,3,8-9H2,1-2H3,(H,16,18)(H2,14,17,19). The van der Waals surface area contributed by atoms with E-state index in [4.69, 9.17) is 0 Å². The molecule has 0 radical (unpaired) electrons. The van der Waals surface area contributed by atoms with Gasteiger partial charge in [-0.25, -0.2) is 4.79 Å². The normalized spacial score (nSPS) is 9.79. The second-order valence-corrected chi connectivity index (χ2v) is 4.01. The number of rotatable bonds is 6. The molecule has 4 N–H and O–H groups in total. The second kappa shape index (κ2) is 8.10. The summed E-state index contributed by atoms with van der Waals surface area (Å²) in [6, 6.07) is 6.65. The third-order valence-electron chi connectivity index (χ3n) is 2.37. The van der Waals surface area contributed by atoms with Crippen LogP contribution in [0, 0.1) is 0 Å². The Balaban J connectivity index is 2.43. The van der Waals surface area contributed by atoms with Gasteiger partial charge in [-0.15, -0.1) is 0 Å². The Morgan fingerprint density at radius 1 is 1.05 bits per heavy atom. The molecule has 0 aliphatic heterocycles. The van der Waals surface area contributed by atoms with Crippen molar-refractivity contribution in [2.24, 2.45) is 0 Å². The molecular weight excluding hydrogens is 244 g/mol. The Morgan fingerprint density at radius 2 is 1.63 bits per heavy atom. The lowest BCUT2D eigenvalue weighted by Crippen LogP contribution is -2.28. The zero-order chi connectivity index (χ0) is 14.1. The maximum atomic E-state index is 11.5. The first-order chi connectivity index (χ1) is 9.15. The maximum Gasteiger partial charge on any atom is 0.318 e. The zero-order valence-electron chi connectivity index (χ0n) is 11.2. The molecule has 0 heterocycles. The van der Waals surface area contributed by atoms with Gasteiger partial charge in [0.2, 0.25) is 5.91 Å². The molecule has 0 aliphatic carbocycles. The first kappa shape index (κ1) is 15.0. The van der Waals surface area contributed by atoms with Crippen molar-refractivity contribution < 1.29 is 9.59 Å². The van der Waals surface area contributed by atoms with Crippen LogP contribution in [0.15, 0.2) is 24.3 Å². The zero-order valence-corrected chi connectivity index (χ0v) is 11.2. The van der Waals surface area contributed by atoms with Crippen LogP contribution in [-0.2, 0) is 4.79 Å². The van der Waals surface area contributed by atoms with Crippen molar-refractivity contribution in [1.29, 1.82) is 0 Å². The van der Waals surface area contributed by atoms with Gasteiger partial charge in [0.25, 0.3) is 0 Å². The average Bonchev–Trinajstić information content (AvgIpc) is 2.41. The molecule has 0 aliphatic rings. The Bertz CT molecular complexity index is 417. The van der Waals surface area contributed by atoms with Gasteiger partial charge in [-0.3, -0.25) is 4.79 Å². The minimum atomic E-state index is -0.277. The highest BCUT2D eigenvalue weighted by Crippen LogP contribution is 2.13. The predicted molar refractivity (Wildman–Crippen MR) is 76.3 cm³/mol. The van der Waals surface area contributed by atoms with E-state index in [0.717, 1.165) is 13.0 Å². The van der Waals surface area contributed by atoms with E-state index in [1.54, 1.807) is 31.3 Å². The minimum Gasteiger partial charge on any atom is -0.341 e. The van der Waals surface area contributed by atoms with Crippen LogP contribution in [0.25, 0.3) is 0 Å². The average molecular weight is 264 g/mol. The Hall–Kier alpha value is -2.08. The van der Waals surface area contributed by atoms with E-state index in [9.17, 15) is 9.59 Å². The number of nitrogens with one attached hydrogen (secondary N) is 4. The fourth-order valence-electron chi connectivity index (χ4n) is 1.41. The van der Waals surface area contributed by atoms with Crippen LogP contribution in [0.4, 0.5) is 16.2 Å². The molecule has 0 unspecified atom stereocenters. The first-order valence-corrected chi connectivity index (χ1v) is 6.25. The third-order valence-corrected chi connectivity index (χ3v) is 2.37. The van der Waals surface area contributed by atoms with Crippen LogP contribution in [0.2, 0.25) is 0 Å². The van der Waals surface area contributed by atoms with Crippen molar-refractivity contribution in [3.05, 3.63) is 24.3 Å². The summed E-state index contributed by atoms with van der Waals surface area (Å²) < 4.78 is 0. The molecule has 1 aromatic carbocycles. The summed E-state index contributed by atoms with van der Waals surface area (Å²) in [5.74, 6) is -0.0829. The molecule has 0 atom stereocenters. The molecule has 6 nitrogen and oxygen atoms in total. The largest absolute Gasteiger partial charge is 0.341 e. The molecule has 0 bridgehead atoms. The van der Waals surface area contributed by atoms with E-state index in [2.05, 4.69) is 21.3 Å².